The SMILES string of the molecule is COc1ccc(S(=O)[O-])cc1N=O. The Hall–Kier alpha value is -1.27. The van der Waals surface area contributed by atoms with E-state index in [-0.39, 0.29) is 16.3 Å². The molecule has 0 aliphatic carbocycles. The molecule has 0 aliphatic rings. The number of hydrogen-bond acceptors (Lipinski definition) is 5. The quantitative estimate of drug-likeness (QED) is 0.544. The number of hydrogen-bond donors (Lipinski definition) is 0. The number of benzene rings is 1. The van der Waals surface area contributed by atoms with Gasteiger partial charge in [-0.05, 0) is 34.5 Å². The Kier molecular flexibility index (Phi) is 3.10. The smallest absolute Gasteiger partial charge is 0.151 e. The zero-order valence-electron chi connectivity index (χ0n) is 6.72. The van der Waals surface area contributed by atoms with Crippen molar-refractivity contribution in [3.05, 3.63) is 23.1 Å². The summed E-state index contributed by atoms with van der Waals surface area (Å²) in [5, 5.41) is 2.64. The van der Waals surface area contributed by atoms with Crippen LogP contribution in [0.1, 0.15) is 0 Å². The topological polar surface area (TPSA) is 78.8 Å². The lowest BCUT2D eigenvalue weighted by Crippen LogP contribution is -1.89. The minimum absolute atomic E-state index is 0.00963. The van der Waals surface area contributed by atoms with Crippen LogP contribution in [0.25, 0.3) is 0 Å². The van der Waals surface area contributed by atoms with Gasteiger partial charge in [0.15, 0.2) is 5.69 Å². The van der Waals surface area contributed by atoms with Crippen molar-refractivity contribution in [3.8, 4) is 5.75 Å². The highest BCUT2D eigenvalue weighted by Crippen LogP contribution is 2.28. The number of rotatable bonds is 3. The average molecular weight is 200 g/mol. The predicted molar refractivity (Wildman–Crippen MR) is 45.6 cm³/mol. The van der Waals surface area contributed by atoms with E-state index in [0.29, 0.717) is 0 Å². The molecule has 6 heteroatoms. The van der Waals surface area contributed by atoms with Gasteiger partial charge in [0.05, 0.1) is 7.11 Å². The molecule has 70 valence electrons. The maximum Gasteiger partial charge on any atom is 0.151 e. The molecule has 0 radical (unpaired) electrons. The Balaban J connectivity index is 3.20. The Morgan fingerprint density at radius 1 is 1.54 bits per heavy atom. The Labute approximate surface area is 77.0 Å². The normalized spacial score (nSPS) is 12.2. The van der Waals surface area contributed by atoms with E-state index in [9.17, 15) is 13.7 Å². The number of ether oxygens (including phenoxy) is 1. The van der Waals surface area contributed by atoms with E-state index >= 15 is 0 Å². The summed E-state index contributed by atoms with van der Waals surface area (Å²) in [5.74, 6) is 0.254. The van der Waals surface area contributed by atoms with Crippen LogP contribution in [0.4, 0.5) is 5.69 Å². The van der Waals surface area contributed by atoms with Crippen LogP contribution in [0.3, 0.4) is 0 Å². The molecule has 0 N–H and O–H groups in total. The van der Waals surface area contributed by atoms with E-state index < -0.39 is 11.1 Å². The summed E-state index contributed by atoms with van der Waals surface area (Å²) in [6.45, 7) is 0. The molecule has 1 rings (SSSR count). The lowest BCUT2D eigenvalue weighted by molar-refractivity contribution is 0.415. The second-order valence-electron chi connectivity index (χ2n) is 2.16. The first-order valence-corrected chi connectivity index (χ1v) is 4.37. The molecular weight excluding hydrogens is 194 g/mol. The average Bonchev–Trinajstić information content (AvgIpc) is 2.16. The van der Waals surface area contributed by atoms with Gasteiger partial charge >= 0.3 is 0 Å². The minimum atomic E-state index is -2.36. The Morgan fingerprint density at radius 3 is 2.69 bits per heavy atom. The number of nitroso groups, excluding NO2 is 1. The van der Waals surface area contributed by atoms with Crippen LogP contribution in [-0.4, -0.2) is 15.9 Å². The first-order chi connectivity index (χ1) is 6.19. The summed E-state index contributed by atoms with van der Waals surface area (Å²) in [6.07, 6.45) is 0. The third kappa shape index (κ3) is 2.10. The van der Waals surface area contributed by atoms with E-state index in [2.05, 4.69) is 5.18 Å². The molecule has 5 nitrogen and oxygen atoms in total. The molecule has 1 aromatic carbocycles. The largest absolute Gasteiger partial charge is 0.768 e. The van der Waals surface area contributed by atoms with Gasteiger partial charge in [-0.1, -0.05) is 0 Å². The van der Waals surface area contributed by atoms with E-state index in [1.54, 1.807) is 0 Å². The van der Waals surface area contributed by atoms with Crippen molar-refractivity contribution in [1.29, 1.82) is 0 Å². The maximum atomic E-state index is 10.5. The van der Waals surface area contributed by atoms with Crippen molar-refractivity contribution in [2.45, 2.75) is 4.90 Å². The van der Waals surface area contributed by atoms with Crippen LogP contribution in [0.15, 0.2) is 28.3 Å². The second-order valence-corrected chi connectivity index (χ2v) is 3.10. The third-order valence-corrected chi connectivity index (χ3v) is 2.08. The molecule has 0 amide bonds. The highest BCUT2D eigenvalue weighted by Gasteiger charge is 2.04. The van der Waals surface area contributed by atoms with Gasteiger partial charge in [0.1, 0.15) is 5.75 Å². The monoisotopic (exact) mass is 200 g/mol. The molecule has 1 atom stereocenters. The van der Waals surface area contributed by atoms with Gasteiger partial charge in [0.2, 0.25) is 0 Å². The Bertz CT molecular complexity index is 352. The third-order valence-electron chi connectivity index (χ3n) is 1.44. The summed E-state index contributed by atoms with van der Waals surface area (Å²) in [6, 6.07) is 3.85. The van der Waals surface area contributed by atoms with Gasteiger partial charge in [-0.15, -0.1) is 4.91 Å². The van der Waals surface area contributed by atoms with E-state index in [1.165, 1.54) is 19.2 Å². The molecule has 0 saturated carbocycles. The summed E-state index contributed by atoms with van der Waals surface area (Å²) >= 11 is -2.36. The van der Waals surface area contributed by atoms with Gasteiger partial charge in [-0.3, -0.25) is 4.21 Å². The van der Waals surface area contributed by atoms with E-state index in [1.807, 2.05) is 0 Å². The van der Waals surface area contributed by atoms with Crippen molar-refractivity contribution in [2.24, 2.45) is 5.18 Å². The number of nitrogens with zero attached hydrogens (tertiary/aromatic N) is 1. The highest BCUT2D eigenvalue weighted by molar-refractivity contribution is 7.79. The molecule has 0 spiro atoms. The fourth-order valence-corrected chi connectivity index (χ4v) is 1.23. The van der Waals surface area contributed by atoms with Crippen LogP contribution in [0.5, 0.6) is 5.75 Å². The lowest BCUT2D eigenvalue weighted by Gasteiger charge is -2.07. The second kappa shape index (κ2) is 4.11. The summed E-state index contributed by atoms with van der Waals surface area (Å²) in [7, 11) is 1.37. The molecule has 0 saturated heterocycles. The minimum Gasteiger partial charge on any atom is -0.768 e. The van der Waals surface area contributed by atoms with Gasteiger partial charge in [-0.25, -0.2) is 0 Å². The predicted octanol–water partition coefficient (Wildman–Crippen LogP) is 1.33. The standard InChI is InChI=1S/C7H7NO4S/c1-12-7-3-2-5(13(10)11)4-6(7)8-9/h2-4H,1H3,(H,10,11)/p-1. The lowest BCUT2D eigenvalue weighted by atomic mass is 10.3. The van der Waals surface area contributed by atoms with Crippen molar-refractivity contribution < 1.29 is 13.5 Å². The molecule has 0 heterocycles. The van der Waals surface area contributed by atoms with Crippen LogP contribution in [0, 0.1) is 4.91 Å². The van der Waals surface area contributed by atoms with Crippen molar-refractivity contribution in [2.75, 3.05) is 7.11 Å². The van der Waals surface area contributed by atoms with Gasteiger partial charge in [0.25, 0.3) is 0 Å². The van der Waals surface area contributed by atoms with E-state index in [0.717, 1.165) is 6.07 Å². The van der Waals surface area contributed by atoms with Crippen LogP contribution in [0.2, 0.25) is 0 Å². The molecule has 1 aromatic rings. The van der Waals surface area contributed by atoms with Crippen molar-refractivity contribution >= 4 is 16.8 Å². The highest BCUT2D eigenvalue weighted by atomic mass is 32.2. The van der Waals surface area contributed by atoms with E-state index in [4.69, 9.17) is 4.74 Å². The molecule has 0 bridgehead atoms. The molecule has 0 aliphatic heterocycles. The Morgan fingerprint density at radius 2 is 2.23 bits per heavy atom. The first kappa shape index (κ1) is 9.82. The fraction of sp³-hybridized carbons (Fsp3) is 0.143. The first-order valence-electron chi connectivity index (χ1n) is 3.29. The van der Waals surface area contributed by atoms with Crippen molar-refractivity contribution in [1.82, 2.24) is 0 Å². The van der Waals surface area contributed by atoms with Gasteiger partial charge in [-0.2, -0.15) is 0 Å². The molecule has 13 heavy (non-hydrogen) atoms. The zero-order valence-corrected chi connectivity index (χ0v) is 7.54. The fourth-order valence-electron chi connectivity index (χ4n) is 0.845. The van der Waals surface area contributed by atoms with Gasteiger partial charge in [0, 0.05) is 4.90 Å². The number of methoxy groups -OCH3 is 1. The summed E-state index contributed by atoms with van der Waals surface area (Å²) < 4.78 is 25.7. The maximum absolute atomic E-state index is 10.5. The summed E-state index contributed by atoms with van der Waals surface area (Å²) in [4.78, 5) is 10.2. The van der Waals surface area contributed by atoms with Crippen molar-refractivity contribution in [3.63, 3.8) is 0 Å². The molecule has 0 fully saturated rings. The van der Waals surface area contributed by atoms with Gasteiger partial charge < -0.3 is 9.29 Å². The van der Waals surface area contributed by atoms with Crippen LogP contribution < -0.4 is 4.74 Å². The summed E-state index contributed by atoms with van der Waals surface area (Å²) in [5.41, 5.74) is -0.0239. The van der Waals surface area contributed by atoms with Crippen LogP contribution in [-0.2, 0) is 11.1 Å². The molecular formula is C7H6NO4S-. The molecule has 1 unspecified atom stereocenters. The molecule has 0 aromatic heterocycles. The van der Waals surface area contributed by atoms with Crippen LogP contribution >= 0.6 is 0 Å². The zero-order chi connectivity index (χ0) is 9.84.